The Bertz CT molecular complexity index is 562. The summed E-state index contributed by atoms with van der Waals surface area (Å²) in [6.07, 6.45) is 2.22. The molecule has 0 bridgehead atoms. The van der Waals surface area contributed by atoms with Crippen LogP contribution in [0, 0.1) is 17.8 Å². The smallest absolute Gasteiger partial charge is 0.312 e. The molecule has 0 unspecified atom stereocenters. The van der Waals surface area contributed by atoms with E-state index < -0.39 is 26.7 Å². The van der Waals surface area contributed by atoms with Gasteiger partial charge in [0.25, 0.3) is 0 Å². The third-order valence-electron chi connectivity index (χ3n) is 3.73. The zero-order valence-electron chi connectivity index (χ0n) is 16.7. The summed E-state index contributed by atoms with van der Waals surface area (Å²) in [6.45, 7) is 14.7. The van der Waals surface area contributed by atoms with Crippen LogP contribution in [0.25, 0.3) is 0 Å². The summed E-state index contributed by atoms with van der Waals surface area (Å²) in [4.78, 5) is 12.2. The van der Waals surface area contributed by atoms with Gasteiger partial charge in [0.15, 0.2) is 0 Å². The van der Waals surface area contributed by atoms with Crippen LogP contribution < -0.4 is 4.72 Å². The van der Waals surface area contributed by atoms with E-state index >= 15 is 0 Å². The van der Waals surface area contributed by atoms with Crippen LogP contribution in [-0.2, 0) is 19.6 Å². The highest BCUT2D eigenvalue weighted by atomic mass is 35.5. The second-order valence-corrected chi connectivity index (χ2v) is 10.9. The summed E-state index contributed by atoms with van der Waals surface area (Å²) in [6, 6.07) is -0.588. The number of nitrogens with one attached hydrogen (secondary N) is 1. The molecule has 0 aliphatic carbocycles. The molecule has 0 rings (SSSR count). The van der Waals surface area contributed by atoms with E-state index in [2.05, 4.69) is 4.72 Å². The number of ether oxygens (including phenoxy) is 1. The molecule has 0 heterocycles. The number of sulfonamides is 1. The van der Waals surface area contributed by atoms with Crippen LogP contribution in [0.2, 0.25) is 0 Å². The number of carbonyl (C=O) groups excluding carboxylic acids is 1. The molecule has 0 radical (unpaired) electrons. The Kier molecular flexibility index (Phi) is 9.69. The van der Waals surface area contributed by atoms with Crippen LogP contribution in [0.5, 0.6) is 0 Å². The summed E-state index contributed by atoms with van der Waals surface area (Å²) < 4.78 is 31.8. The average Bonchev–Trinajstić information content (AvgIpc) is 2.42. The zero-order chi connectivity index (χ0) is 20.0. The topological polar surface area (TPSA) is 72.5 Å². The fourth-order valence-corrected chi connectivity index (χ4v) is 3.75. The Balaban J connectivity index is 5.64. The maximum absolute atomic E-state index is 12.5. The van der Waals surface area contributed by atoms with Crippen molar-refractivity contribution < 1.29 is 17.9 Å². The van der Waals surface area contributed by atoms with Crippen molar-refractivity contribution in [2.45, 2.75) is 72.6 Å². The molecule has 0 aromatic heterocycles. The van der Waals surface area contributed by atoms with E-state index in [0.717, 1.165) is 0 Å². The van der Waals surface area contributed by atoms with Crippen molar-refractivity contribution in [1.82, 2.24) is 4.72 Å². The van der Waals surface area contributed by atoms with Gasteiger partial charge in [0.05, 0.1) is 23.3 Å². The molecule has 0 aromatic carbocycles. The molecule has 5 nitrogen and oxygen atoms in total. The molecule has 0 fully saturated rings. The Morgan fingerprint density at radius 2 is 1.72 bits per heavy atom. The summed E-state index contributed by atoms with van der Waals surface area (Å²) in [5.74, 6) is -0.620. The lowest BCUT2D eigenvalue weighted by Gasteiger charge is -2.28. The van der Waals surface area contributed by atoms with Crippen LogP contribution in [-0.4, -0.2) is 31.8 Å². The highest BCUT2D eigenvalue weighted by Gasteiger charge is 2.33. The lowest BCUT2D eigenvalue weighted by atomic mass is 9.94. The molecule has 0 aliphatic rings. The van der Waals surface area contributed by atoms with Gasteiger partial charge in [-0.1, -0.05) is 45.4 Å². The molecular formula is C18H34ClNO4S. The third kappa shape index (κ3) is 8.09. The van der Waals surface area contributed by atoms with Gasteiger partial charge in [-0.2, -0.15) is 0 Å². The quantitative estimate of drug-likeness (QED) is 0.597. The average molecular weight is 396 g/mol. The van der Waals surface area contributed by atoms with Crippen LogP contribution >= 0.6 is 11.6 Å². The van der Waals surface area contributed by atoms with Gasteiger partial charge in [0, 0.05) is 5.03 Å². The van der Waals surface area contributed by atoms with E-state index in [1.54, 1.807) is 33.8 Å². The van der Waals surface area contributed by atoms with Crippen molar-refractivity contribution in [1.29, 1.82) is 0 Å². The Labute approximate surface area is 158 Å². The van der Waals surface area contributed by atoms with Gasteiger partial charge >= 0.3 is 5.97 Å². The molecule has 0 aliphatic heterocycles. The van der Waals surface area contributed by atoms with Gasteiger partial charge in [-0.15, -0.1) is 0 Å². The largest absolute Gasteiger partial charge is 0.466 e. The third-order valence-corrected chi connectivity index (χ3v) is 6.26. The first kappa shape index (κ1) is 24.4. The van der Waals surface area contributed by atoms with E-state index in [-0.39, 0.29) is 17.8 Å². The van der Waals surface area contributed by atoms with E-state index in [9.17, 15) is 13.2 Å². The van der Waals surface area contributed by atoms with Gasteiger partial charge in [-0.3, -0.25) is 4.79 Å². The first-order chi connectivity index (χ1) is 11.2. The van der Waals surface area contributed by atoms with E-state index in [0.29, 0.717) is 18.1 Å². The fraction of sp³-hybridized carbons (Fsp3) is 0.833. The number of rotatable bonds is 9. The second kappa shape index (κ2) is 9.93. The van der Waals surface area contributed by atoms with Gasteiger partial charge in [-0.05, 0) is 46.0 Å². The van der Waals surface area contributed by atoms with Crippen molar-refractivity contribution in [3.05, 3.63) is 11.1 Å². The van der Waals surface area contributed by atoms with Crippen molar-refractivity contribution in [2.24, 2.45) is 17.8 Å². The molecule has 0 amide bonds. The van der Waals surface area contributed by atoms with Crippen molar-refractivity contribution in [3.63, 3.8) is 0 Å². The van der Waals surface area contributed by atoms with Crippen LogP contribution in [0.4, 0.5) is 0 Å². The van der Waals surface area contributed by atoms with E-state index in [4.69, 9.17) is 16.3 Å². The molecule has 0 spiro atoms. The molecule has 0 aromatic rings. The molecule has 25 heavy (non-hydrogen) atoms. The first-order valence-corrected chi connectivity index (χ1v) is 10.6. The summed E-state index contributed by atoms with van der Waals surface area (Å²) in [7, 11) is -3.57. The van der Waals surface area contributed by atoms with Crippen LogP contribution in [0.3, 0.4) is 0 Å². The van der Waals surface area contributed by atoms with Crippen molar-refractivity contribution >= 4 is 27.6 Å². The number of esters is 1. The van der Waals surface area contributed by atoms with Gasteiger partial charge in [-0.25, -0.2) is 13.1 Å². The number of carbonyl (C=O) groups is 1. The molecule has 0 saturated carbocycles. The maximum Gasteiger partial charge on any atom is 0.312 e. The molecule has 7 heteroatoms. The first-order valence-electron chi connectivity index (χ1n) is 8.78. The normalized spacial score (nSPS) is 16.2. The molecule has 148 valence electrons. The minimum absolute atomic E-state index is 0.0669. The van der Waals surface area contributed by atoms with E-state index in [1.165, 1.54) is 0 Å². The van der Waals surface area contributed by atoms with E-state index in [1.807, 2.05) is 27.7 Å². The molecule has 2 atom stereocenters. The Morgan fingerprint density at radius 3 is 2.08 bits per heavy atom. The van der Waals surface area contributed by atoms with Gasteiger partial charge in [0.1, 0.15) is 0 Å². The predicted molar refractivity (Wildman–Crippen MR) is 104 cm³/mol. The molecule has 1 N–H and O–H groups in total. The van der Waals surface area contributed by atoms with Crippen LogP contribution in [0.15, 0.2) is 11.1 Å². The Morgan fingerprint density at radius 1 is 1.20 bits per heavy atom. The van der Waals surface area contributed by atoms with Crippen molar-refractivity contribution in [3.8, 4) is 0 Å². The number of hydrogen-bond donors (Lipinski definition) is 1. The lowest BCUT2D eigenvalue weighted by molar-refractivity contribution is -0.146. The van der Waals surface area contributed by atoms with Gasteiger partial charge in [0.2, 0.25) is 10.0 Å². The molecule has 0 saturated heterocycles. The minimum atomic E-state index is -3.57. The number of hydrogen-bond acceptors (Lipinski definition) is 4. The van der Waals surface area contributed by atoms with Gasteiger partial charge < -0.3 is 4.74 Å². The summed E-state index contributed by atoms with van der Waals surface area (Å²) in [5.41, 5.74) is 0. The molecular weight excluding hydrogens is 362 g/mol. The second-order valence-electron chi connectivity index (χ2n) is 7.99. The highest BCUT2D eigenvalue weighted by molar-refractivity contribution is 7.90. The minimum Gasteiger partial charge on any atom is -0.466 e. The van der Waals surface area contributed by atoms with Crippen LogP contribution in [0.1, 0.15) is 61.8 Å². The standard InChI is InChI=1S/C18H34ClNO4S/c1-9-24-17(21)14(10-12(2)3)11-15(19)16(13(4)5)20-25(22,23)18(6,7)8/h11-14,16,20H,9-10H2,1-8H3/b15-11-/t14-,16-/m0/s1. The maximum atomic E-state index is 12.5. The lowest BCUT2D eigenvalue weighted by Crippen LogP contribution is -2.47. The predicted octanol–water partition coefficient (Wildman–Crippen LogP) is 4.08. The highest BCUT2D eigenvalue weighted by Crippen LogP contribution is 2.25. The monoisotopic (exact) mass is 395 g/mol. The van der Waals surface area contributed by atoms with Crippen molar-refractivity contribution in [2.75, 3.05) is 6.61 Å². The summed E-state index contributed by atoms with van der Waals surface area (Å²) >= 11 is 6.45. The summed E-state index contributed by atoms with van der Waals surface area (Å²) in [5, 5.41) is 0.321. The SMILES string of the molecule is CCOC(=O)[C@H](/C=C(\Cl)[C@@H](NS(=O)(=O)C(C)(C)C)C(C)C)CC(C)C. The fourth-order valence-electron chi connectivity index (χ4n) is 2.14. The Hall–Kier alpha value is -0.590. The zero-order valence-corrected chi connectivity index (χ0v) is 18.3. The number of halogens is 1.